The number of hydrogen-bond donors (Lipinski definition) is 1. The lowest BCUT2D eigenvalue weighted by atomic mass is 10.1. The molecule has 1 aromatic rings. The quantitative estimate of drug-likeness (QED) is 0.842. The second kappa shape index (κ2) is 6.77. The maximum absolute atomic E-state index is 12.6. The van der Waals surface area contributed by atoms with Gasteiger partial charge in [-0.2, -0.15) is 4.31 Å². The van der Waals surface area contributed by atoms with Gasteiger partial charge >= 0.3 is 0 Å². The molecule has 118 valence electrons. The Labute approximate surface area is 127 Å². The molecule has 0 saturated carbocycles. The number of nitrogen functional groups attached to an aromatic ring is 1. The van der Waals surface area contributed by atoms with Crippen molar-refractivity contribution < 1.29 is 8.42 Å². The van der Waals surface area contributed by atoms with E-state index in [1.165, 1.54) is 0 Å². The molecular formula is C15H25N3O2S. The van der Waals surface area contributed by atoms with Crippen molar-refractivity contribution in [3.63, 3.8) is 0 Å². The van der Waals surface area contributed by atoms with Crippen LogP contribution >= 0.6 is 0 Å². The maximum atomic E-state index is 12.6. The average molecular weight is 311 g/mol. The molecule has 21 heavy (non-hydrogen) atoms. The number of hydrogen-bond acceptors (Lipinski definition) is 4. The van der Waals surface area contributed by atoms with Gasteiger partial charge in [0.2, 0.25) is 10.0 Å². The Balaban J connectivity index is 2.06. The third-order valence-corrected chi connectivity index (χ3v) is 6.18. The van der Waals surface area contributed by atoms with Crippen LogP contribution in [0.25, 0.3) is 0 Å². The molecule has 1 fully saturated rings. The van der Waals surface area contributed by atoms with Crippen molar-refractivity contribution >= 4 is 15.7 Å². The van der Waals surface area contributed by atoms with Crippen LogP contribution in [-0.2, 0) is 10.0 Å². The van der Waals surface area contributed by atoms with Crippen LogP contribution in [0.4, 0.5) is 5.69 Å². The molecule has 1 aromatic carbocycles. The smallest absolute Gasteiger partial charge is 0.243 e. The van der Waals surface area contributed by atoms with Crippen molar-refractivity contribution in [2.24, 2.45) is 0 Å². The average Bonchev–Trinajstić information content (AvgIpc) is 2.49. The number of piperidine rings is 1. The Hall–Kier alpha value is -1.11. The second-order valence-corrected chi connectivity index (χ2v) is 7.36. The summed E-state index contributed by atoms with van der Waals surface area (Å²) in [6.07, 6.45) is 1.80. The summed E-state index contributed by atoms with van der Waals surface area (Å²) in [5, 5.41) is 0. The lowest BCUT2D eigenvalue weighted by Crippen LogP contribution is -2.46. The first-order chi connectivity index (χ1) is 9.98. The molecule has 6 heteroatoms. The summed E-state index contributed by atoms with van der Waals surface area (Å²) in [7, 11) is -3.38. The van der Waals surface area contributed by atoms with Crippen LogP contribution in [0.3, 0.4) is 0 Å². The van der Waals surface area contributed by atoms with E-state index in [1.54, 1.807) is 28.6 Å². The molecule has 1 aliphatic heterocycles. The first-order valence-corrected chi connectivity index (χ1v) is 9.02. The van der Waals surface area contributed by atoms with Gasteiger partial charge in [0.25, 0.3) is 0 Å². The van der Waals surface area contributed by atoms with Crippen LogP contribution in [0.15, 0.2) is 29.2 Å². The second-order valence-electron chi connectivity index (χ2n) is 5.43. The van der Waals surface area contributed by atoms with E-state index in [4.69, 9.17) is 5.73 Å². The predicted molar refractivity (Wildman–Crippen MR) is 85.6 cm³/mol. The molecule has 2 N–H and O–H groups in total. The van der Waals surface area contributed by atoms with Crippen molar-refractivity contribution in [2.45, 2.75) is 37.6 Å². The molecule has 0 aromatic heterocycles. The van der Waals surface area contributed by atoms with E-state index in [-0.39, 0.29) is 0 Å². The van der Waals surface area contributed by atoms with Crippen LogP contribution in [0.5, 0.6) is 0 Å². The monoisotopic (exact) mass is 311 g/mol. The summed E-state index contributed by atoms with van der Waals surface area (Å²) in [5.41, 5.74) is 6.19. The Morgan fingerprint density at radius 2 is 1.67 bits per heavy atom. The van der Waals surface area contributed by atoms with Crippen molar-refractivity contribution in [2.75, 3.05) is 31.9 Å². The predicted octanol–water partition coefficient (Wildman–Crippen LogP) is 1.76. The molecule has 2 rings (SSSR count). The fourth-order valence-corrected chi connectivity index (χ4v) is 4.45. The third kappa shape index (κ3) is 3.56. The zero-order valence-corrected chi connectivity index (χ0v) is 13.6. The van der Waals surface area contributed by atoms with E-state index < -0.39 is 10.0 Å². The standard InChI is InChI=1S/C15H25N3O2S/c1-3-17(4-2)14-9-11-18(12-10-14)21(19,20)15-7-5-13(16)6-8-15/h5-8,14H,3-4,9-12,16H2,1-2H3. The van der Waals surface area contributed by atoms with Gasteiger partial charge in [-0.25, -0.2) is 8.42 Å². The minimum absolute atomic E-state index is 0.331. The summed E-state index contributed by atoms with van der Waals surface area (Å²) in [5.74, 6) is 0. The van der Waals surface area contributed by atoms with Gasteiger partial charge in [0.05, 0.1) is 4.90 Å². The van der Waals surface area contributed by atoms with Crippen molar-refractivity contribution in [3.8, 4) is 0 Å². The topological polar surface area (TPSA) is 66.6 Å². The van der Waals surface area contributed by atoms with Gasteiger partial charge in [-0.3, -0.25) is 0 Å². The van der Waals surface area contributed by atoms with Crippen molar-refractivity contribution in [1.29, 1.82) is 0 Å². The van der Waals surface area contributed by atoms with E-state index in [0.29, 0.717) is 29.7 Å². The highest BCUT2D eigenvalue weighted by molar-refractivity contribution is 7.89. The summed E-state index contributed by atoms with van der Waals surface area (Å²) in [4.78, 5) is 2.74. The van der Waals surface area contributed by atoms with Gasteiger partial charge < -0.3 is 10.6 Å². The van der Waals surface area contributed by atoms with Crippen molar-refractivity contribution in [1.82, 2.24) is 9.21 Å². The Bertz CT molecular complexity index is 545. The van der Waals surface area contributed by atoms with E-state index in [0.717, 1.165) is 25.9 Å². The molecule has 1 heterocycles. The molecule has 0 unspecified atom stereocenters. The van der Waals surface area contributed by atoms with Gasteiger partial charge in [0, 0.05) is 24.8 Å². The molecule has 0 atom stereocenters. The van der Waals surface area contributed by atoms with Gasteiger partial charge in [0.1, 0.15) is 0 Å². The van der Waals surface area contributed by atoms with E-state index in [2.05, 4.69) is 18.7 Å². The van der Waals surface area contributed by atoms with Gasteiger partial charge in [-0.1, -0.05) is 13.8 Å². The molecule has 0 radical (unpaired) electrons. The van der Waals surface area contributed by atoms with Gasteiger partial charge in [-0.05, 0) is 50.2 Å². The molecule has 5 nitrogen and oxygen atoms in total. The largest absolute Gasteiger partial charge is 0.399 e. The first kappa shape index (κ1) is 16.3. The lowest BCUT2D eigenvalue weighted by Gasteiger charge is -2.37. The molecule has 0 aliphatic carbocycles. The molecular weight excluding hydrogens is 286 g/mol. The molecule has 1 saturated heterocycles. The summed E-state index contributed by atoms with van der Waals surface area (Å²) < 4.78 is 26.8. The van der Waals surface area contributed by atoms with Crippen LogP contribution in [0, 0.1) is 0 Å². The highest BCUT2D eigenvalue weighted by atomic mass is 32.2. The SMILES string of the molecule is CCN(CC)C1CCN(S(=O)(=O)c2ccc(N)cc2)CC1. The van der Waals surface area contributed by atoms with Crippen LogP contribution in [0.2, 0.25) is 0 Å². The normalized spacial score (nSPS) is 18.2. The number of nitrogens with two attached hydrogens (primary N) is 1. The van der Waals surface area contributed by atoms with Crippen LogP contribution < -0.4 is 5.73 Å². The number of rotatable bonds is 5. The van der Waals surface area contributed by atoms with E-state index >= 15 is 0 Å². The summed E-state index contributed by atoms with van der Waals surface area (Å²) >= 11 is 0. The first-order valence-electron chi connectivity index (χ1n) is 7.58. The zero-order valence-electron chi connectivity index (χ0n) is 12.8. The summed E-state index contributed by atoms with van der Waals surface area (Å²) in [6.45, 7) is 7.53. The van der Waals surface area contributed by atoms with E-state index in [1.807, 2.05) is 0 Å². The number of benzene rings is 1. The minimum Gasteiger partial charge on any atom is -0.399 e. The highest BCUT2D eigenvalue weighted by Crippen LogP contribution is 2.23. The number of nitrogens with zero attached hydrogens (tertiary/aromatic N) is 2. The highest BCUT2D eigenvalue weighted by Gasteiger charge is 2.30. The summed E-state index contributed by atoms with van der Waals surface area (Å²) in [6, 6.07) is 6.94. The van der Waals surface area contributed by atoms with E-state index in [9.17, 15) is 8.42 Å². The lowest BCUT2D eigenvalue weighted by molar-refractivity contribution is 0.152. The van der Waals surface area contributed by atoms with Gasteiger partial charge in [-0.15, -0.1) is 0 Å². The minimum atomic E-state index is -3.38. The fourth-order valence-electron chi connectivity index (χ4n) is 2.98. The van der Waals surface area contributed by atoms with Gasteiger partial charge in [0.15, 0.2) is 0 Å². The Morgan fingerprint density at radius 3 is 2.14 bits per heavy atom. The van der Waals surface area contributed by atoms with Crippen LogP contribution in [-0.4, -0.2) is 49.8 Å². The maximum Gasteiger partial charge on any atom is 0.243 e. The number of anilines is 1. The Kier molecular flexibility index (Phi) is 5.24. The molecule has 0 bridgehead atoms. The fraction of sp³-hybridized carbons (Fsp3) is 0.600. The molecule has 0 amide bonds. The Morgan fingerprint density at radius 1 is 1.14 bits per heavy atom. The zero-order chi connectivity index (χ0) is 15.5. The van der Waals surface area contributed by atoms with Crippen LogP contribution in [0.1, 0.15) is 26.7 Å². The number of sulfonamides is 1. The molecule has 0 spiro atoms. The molecule has 1 aliphatic rings. The van der Waals surface area contributed by atoms with Crippen molar-refractivity contribution in [3.05, 3.63) is 24.3 Å². The third-order valence-electron chi connectivity index (χ3n) is 4.27.